The average molecular weight is 622 g/mol. The van der Waals surface area contributed by atoms with Crippen molar-refractivity contribution in [1.29, 1.82) is 0 Å². The topological polar surface area (TPSA) is 73.3 Å². The maximum Gasteiger partial charge on any atom is 0.237 e. The molecule has 3 heterocycles. The Kier molecular flexibility index (Phi) is 10.5. The predicted octanol–water partition coefficient (Wildman–Crippen LogP) is 6.28. The van der Waals surface area contributed by atoms with Crippen molar-refractivity contribution in [3.8, 4) is 5.75 Å². The van der Waals surface area contributed by atoms with E-state index in [9.17, 15) is 19.1 Å². The van der Waals surface area contributed by atoms with Gasteiger partial charge in [0.2, 0.25) is 11.8 Å². The number of allylic oxidation sites excluding steroid dienone is 2. The number of nitrogens with zero attached hydrogens (tertiary/aromatic N) is 3. The molecule has 246 valence electrons. The second-order valence-electron chi connectivity index (χ2n) is 13.8. The Hall–Kier alpha value is -2.97. The molecule has 0 radical (unpaired) electrons. The highest BCUT2D eigenvalue weighted by Gasteiger charge is 2.45. The van der Waals surface area contributed by atoms with Crippen molar-refractivity contribution in [2.45, 2.75) is 115 Å². The molecule has 2 amide bonds. The van der Waals surface area contributed by atoms with Gasteiger partial charge in [0.1, 0.15) is 17.8 Å². The molecule has 4 aliphatic rings. The van der Waals surface area contributed by atoms with E-state index in [1.807, 2.05) is 19.1 Å². The Labute approximate surface area is 268 Å². The van der Waals surface area contributed by atoms with Crippen LogP contribution in [0.15, 0.2) is 54.4 Å². The summed E-state index contributed by atoms with van der Waals surface area (Å²) >= 11 is 0. The van der Waals surface area contributed by atoms with E-state index in [0.717, 1.165) is 37.9 Å². The number of carbonyl (C=O) groups excluding carboxylic acids is 2. The highest BCUT2D eigenvalue weighted by atomic mass is 19.1. The number of hydrogen-bond acceptors (Lipinski definition) is 5. The molecule has 0 saturated carbocycles. The third-order valence-corrected chi connectivity index (χ3v) is 10.6. The van der Waals surface area contributed by atoms with Gasteiger partial charge in [-0.3, -0.25) is 14.5 Å². The van der Waals surface area contributed by atoms with Crippen LogP contribution in [-0.2, 0) is 16.0 Å². The van der Waals surface area contributed by atoms with Crippen LogP contribution >= 0.6 is 0 Å². The first-order valence-electron chi connectivity index (χ1n) is 17.1. The summed E-state index contributed by atoms with van der Waals surface area (Å²) in [6.07, 6.45) is 11.2. The molecule has 2 unspecified atom stereocenters. The van der Waals surface area contributed by atoms with E-state index in [4.69, 9.17) is 4.74 Å². The van der Waals surface area contributed by atoms with Crippen molar-refractivity contribution >= 4 is 11.8 Å². The highest BCUT2D eigenvalue weighted by molar-refractivity contribution is 5.80. The van der Waals surface area contributed by atoms with E-state index >= 15 is 0 Å². The molecular formula is C37H52FN3O4. The van der Waals surface area contributed by atoms with Gasteiger partial charge in [-0.1, -0.05) is 51.0 Å². The van der Waals surface area contributed by atoms with Crippen LogP contribution in [0.5, 0.6) is 5.75 Å². The van der Waals surface area contributed by atoms with Crippen LogP contribution < -0.4 is 4.74 Å². The highest BCUT2D eigenvalue weighted by Crippen LogP contribution is 2.42. The number of carbonyl (C=O) groups is 2. The van der Waals surface area contributed by atoms with Crippen LogP contribution in [-0.4, -0.2) is 81.7 Å². The first kappa shape index (κ1) is 33.4. The van der Waals surface area contributed by atoms with Crippen molar-refractivity contribution in [3.63, 3.8) is 0 Å². The van der Waals surface area contributed by atoms with Crippen molar-refractivity contribution < 1.29 is 23.8 Å². The fourth-order valence-electron chi connectivity index (χ4n) is 8.39. The molecule has 7 nitrogen and oxygen atoms in total. The lowest BCUT2D eigenvalue weighted by molar-refractivity contribution is -0.141. The zero-order valence-electron chi connectivity index (χ0n) is 27.6. The minimum atomic E-state index is -0.752. The standard InChI is InChI=1S/C37H52FN3O4/c1-6-9-28(10-7-2)41(37(5)18-15-31(38)25(4)22-37)36(44)24-39-23-30(26-11-12-33-27(21-26)17-20-45-33)29(8-3)32(39)16-19-40-34(42)13-14-35(40)43/h8,11-12,15,18,21,28-30,32,34,42H,3,6-7,9-10,13-14,16-17,19-20,22-24H2,1-2,4-5H3/t29-,30-,32+,34?,37?/m1/s1. The van der Waals surface area contributed by atoms with Crippen LogP contribution in [0.4, 0.5) is 4.39 Å². The molecule has 8 heteroatoms. The molecule has 1 aliphatic carbocycles. The molecule has 1 aromatic carbocycles. The summed E-state index contributed by atoms with van der Waals surface area (Å²) in [5.74, 6) is 0.960. The number of aliphatic hydroxyl groups is 1. The van der Waals surface area contributed by atoms with Gasteiger partial charge in [-0.05, 0) is 68.4 Å². The average Bonchev–Trinajstić information content (AvgIpc) is 3.70. The summed E-state index contributed by atoms with van der Waals surface area (Å²) in [4.78, 5) is 33.2. The lowest BCUT2D eigenvalue weighted by Gasteiger charge is -2.47. The second kappa shape index (κ2) is 14.2. The van der Waals surface area contributed by atoms with Gasteiger partial charge >= 0.3 is 0 Å². The van der Waals surface area contributed by atoms with Crippen molar-refractivity contribution in [2.75, 3.05) is 26.2 Å². The molecule has 0 aromatic heterocycles. The summed E-state index contributed by atoms with van der Waals surface area (Å²) in [6, 6.07) is 6.48. The Morgan fingerprint density at radius 3 is 2.67 bits per heavy atom. The van der Waals surface area contributed by atoms with Gasteiger partial charge in [-0.2, -0.15) is 0 Å². The fraction of sp³-hybridized carbons (Fsp3) is 0.622. The Morgan fingerprint density at radius 1 is 1.27 bits per heavy atom. The monoisotopic (exact) mass is 621 g/mol. The van der Waals surface area contributed by atoms with E-state index in [1.54, 1.807) is 4.90 Å². The summed E-state index contributed by atoms with van der Waals surface area (Å²) in [5.41, 5.74) is 2.48. The van der Waals surface area contributed by atoms with Gasteiger partial charge < -0.3 is 19.6 Å². The van der Waals surface area contributed by atoms with Crippen LogP contribution in [0.3, 0.4) is 0 Å². The van der Waals surface area contributed by atoms with Gasteiger partial charge in [-0.25, -0.2) is 4.39 Å². The number of halogens is 1. The normalized spacial score (nSPS) is 28.2. The first-order chi connectivity index (χ1) is 21.6. The zero-order chi connectivity index (χ0) is 32.3. The van der Waals surface area contributed by atoms with Crippen LogP contribution in [0.25, 0.3) is 0 Å². The number of hydrogen-bond donors (Lipinski definition) is 1. The van der Waals surface area contributed by atoms with E-state index in [2.05, 4.69) is 55.3 Å². The van der Waals surface area contributed by atoms with E-state index in [0.29, 0.717) is 51.0 Å². The molecule has 5 rings (SSSR count). The molecule has 2 saturated heterocycles. The van der Waals surface area contributed by atoms with Gasteiger partial charge in [0.15, 0.2) is 0 Å². The number of rotatable bonds is 13. The quantitative estimate of drug-likeness (QED) is 0.263. The molecule has 5 atom stereocenters. The lowest BCUT2D eigenvalue weighted by atomic mass is 9.83. The lowest BCUT2D eigenvalue weighted by Crippen LogP contribution is -2.57. The Morgan fingerprint density at radius 2 is 2.02 bits per heavy atom. The van der Waals surface area contributed by atoms with E-state index in [-0.39, 0.29) is 48.1 Å². The van der Waals surface area contributed by atoms with Gasteiger partial charge in [-0.15, -0.1) is 6.58 Å². The minimum Gasteiger partial charge on any atom is -0.493 e. The number of fused-ring (bicyclic) bond motifs is 1. The van der Waals surface area contributed by atoms with Crippen LogP contribution in [0.1, 0.15) is 96.1 Å². The number of amides is 2. The maximum absolute atomic E-state index is 14.7. The molecule has 0 spiro atoms. The zero-order valence-corrected chi connectivity index (χ0v) is 27.6. The van der Waals surface area contributed by atoms with E-state index < -0.39 is 11.8 Å². The number of likely N-dealkylation sites (tertiary alicyclic amines) is 2. The summed E-state index contributed by atoms with van der Waals surface area (Å²) in [5, 5.41) is 10.5. The van der Waals surface area contributed by atoms with Crippen molar-refractivity contribution in [1.82, 2.24) is 14.7 Å². The van der Waals surface area contributed by atoms with Crippen molar-refractivity contribution in [3.05, 3.63) is 65.5 Å². The molecule has 2 fully saturated rings. The third kappa shape index (κ3) is 6.92. The summed E-state index contributed by atoms with van der Waals surface area (Å²) < 4.78 is 20.3. The SMILES string of the molecule is C=C[C@@H]1[C@@H](c2ccc3c(c2)CCO3)CN(CC(=O)N(C(CCC)CCC)C2(C)C=CC(F)=C(C)C2)[C@H]1CCN1C(=O)CCC1O. The summed E-state index contributed by atoms with van der Waals surface area (Å²) in [6.45, 7) is 14.5. The summed E-state index contributed by atoms with van der Waals surface area (Å²) in [7, 11) is 0. The van der Waals surface area contributed by atoms with E-state index in [1.165, 1.54) is 17.2 Å². The molecule has 0 bridgehead atoms. The Bertz CT molecular complexity index is 1320. The number of benzene rings is 1. The fourth-order valence-corrected chi connectivity index (χ4v) is 8.39. The van der Waals surface area contributed by atoms with Gasteiger partial charge in [0.05, 0.1) is 18.7 Å². The van der Waals surface area contributed by atoms with Crippen molar-refractivity contribution in [2.24, 2.45) is 5.92 Å². The Balaban J connectivity index is 1.46. The van der Waals surface area contributed by atoms with Crippen LogP contribution in [0.2, 0.25) is 0 Å². The van der Waals surface area contributed by atoms with Gasteiger partial charge in [0, 0.05) is 56.3 Å². The first-order valence-corrected chi connectivity index (χ1v) is 17.1. The molecule has 1 aromatic rings. The molecular weight excluding hydrogens is 569 g/mol. The molecule has 3 aliphatic heterocycles. The largest absolute Gasteiger partial charge is 0.493 e. The maximum atomic E-state index is 14.7. The minimum absolute atomic E-state index is 0.0192. The number of aliphatic hydroxyl groups excluding tert-OH is 1. The number of ether oxygens (including phenoxy) is 1. The van der Waals surface area contributed by atoms with Gasteiger partial charge in [0.25, 0.3) is 0 Å². The third-order valence-electron chi connectivity index (χ3n) is 10.6. The molecule has 1 N–H and O–H groups in total. The second-order valence-corrected chi connectivity index (χ2v) is 13.8. The smallest absolute Gasteiger partial charge is 0.237 e. The predicted molar refractivity (Wildman–Crippen MR) is 175 cm³/mol. The molecule has 45 heavy (non-hydrogen) atoms. The van der Waals surface area contributed by atoms with Crippen LogP contribution in [0, 0.1) is 5.92 Å².